The molecule has 0 unspecified atom stereocenters. The quantitative estimate of drug-likeness (QED) is 0.728. The van der Waals surface area contributed by atoms with E-state index in [0.717, 1.165) is 41.2 Å². The summed E-state index contributed by atoms with van der Waals surface area (Å²) >= 11 is 0. The molecule has 2 N–H and O–H groups in total. The molecule has 1 amide bonds. The van der Waals surface area contributed by atoms with Gasteiger partial charge in [-0.15, -0.1) is 0 Å². The number of carbonyl (C=O) groups is 1. The second kappa shape index (κ2) is 7.48. The normalized spacial score (nSPS) is 10.7. The summed E-state index contributed by atoms with van der Waals surface area (Å²) in [5, 5.41) is 0. The predicted molar refractivity (Wildman–Crippen MR) is 105 cm³/mol. The Morgan fingerprint density at radius 2 is 1.65 bits per heavy atom. The molecule has 26 heavy (non-hydrogen) atoms. The maximum absolute atomic E-state index is 12.2. The Morgan fingerprint density at radius 3 is 2.23 bits per heavy atom. The van der Waals surface area contributed by atoms with Gasteiger partial charge in [-0.2, -0.15) is 0 Å². The first-order valence-electron chi connectivity index (χ1n) is 8.70. The van der Waals surface area contributed by atoms with Gasteiger partial charge in [0, 0.05) is 23.5 Å². The molecule has 1 heterocycles. The van der Waals surface area contributed by atoms with Crippen LogP contribution in [0.2, 0.25) is 0 Å². The molecule has 0 aliphatic carbocycles. The van der Waals surface area contributed by atoms with Gasteiger partial charge in [-0.25, -0.2) is 0 Å². The number of ether oxygens (including phenoxy) is 1. The van der Waals surface area contributed by atoms with Crippen LogP contribution in [-0.4, -0.2) is 17.6 Å². The first-order valence-corrected chi connectivity index (χ1v) is 8.70. The molecular weight excluding hydrogens is 324 g/mol. The zero-order valence-corrected chi connectivity index (χ0v) is 15.5. The molecule has 0 radical (unpaired) electrons. The zero-order valence-electron chi connectivity index (χ0n) is 15.5. The molecule has 0 fully saturated rings. The first kappa shape index (κ1) is 17.8. The van der Waals surface area contributed by atoms with Crippen molar-refractivity contribution in [3.63, 3.8) is 0 Å². The van der Waals surface area contributed by atoms with E-state index in [-0.39, 0.29) is 0 Å². The van der Waals surface area contributed by atoms with Crippen LogP contribution in [-0.2, 0) is 13.0 Å². The van der Waals surface area contributed by atoms with Crippen LogP contribution in [0.25, 0.3) is 11.1 Å². The summed E-state index contributed by atoms with van der Waals surface area (Å²) in [7, 11) is 1.64. The van der Waals surface area contributed by atoms with Crippen molar-refractivity contribution in [1.82, 2.24) is 4.57 Å². The summed E-state index contributed by atoms with van der Waals surface area (Å²) in [5.74, 6) is 0.391. The highest BCUT2D eigenvalue weighted by Crippen LogP contribution is 2.33. The minimum Gasteiger partial charge on any atom is -0.497 e. The summed E-state index contributed by atoms with van der Waals surface area (Å²) in [6.45, 7) is 4.81. The minimum absolute atomic E-state index is 0.394. The Balaban J connectivity index is 2.02. The van der Waals surface area contributed by atoms with Gasteiger partial charge in [0.2, 0.25) is 0 Å². The third-order valence-electron chi connectivity index (χ3n) is 4.88. The Kier molecular flexibility index (Phi) is 5.12. The lowest BCUT2D eigenvalue weighted by Crippen LogP contribution is -2.13. The van der Waals surface area contributed by atoms with E-state index < -0.39 is 5.91 Å². The van der Waals surface area contributed by atoms with Gasteiger partial charge in [0.15, 0.2) is 0 Å². The summed E-state index contributed by atoms with van der Waals surface area (Å²) in [6, 6.07) is 18.1. The second-order valence-corrected chi connectivity index (χ2v) is 6.40. The average molecular weight is 348 g/mol. The van der Waals surface area contributed by atoms with Crippen molar-refractivity contribution in [1.29, 1.82) is 0 Å². The molecule has 134 valence electrons. The molecule has 0 aliphatic rings. The maximum atomic E-state index is 12.2. The van der Waals surface area contributed by atoms with Crippen LogP contribution < -0.4 is 10.5 Å². The molecular formula is C22H24N2O2. The van der Waals surface area contributed by atoms with E-state index in [9.17, 15) is 4.79 Å². The standard InChI is InChI=1S/C22H24N2O2/c1-15-20(18-9-11-19(26-3)12-10-18)21(22(23)25)16(2)24(15)14-13-17-7-5-4-6-8-17/h4-12H,13-14H2,1-3H3,(H2,23,25). The molecule has 0 saturated carbocycles. The van der Waals surface area contributed by atoms with Crippen molar-refractivity contribution in [2.24, 2.45) is 5.73 Å². The number of carbonyl (C=O) groups excluding carboxylic acids is 1. The van der Waals surface area contributed by atoms with Gasteiger partial charge in [-0.05, 0) is 43.5 Å². The molecule has 4 heteroatoms. The molecule has 0 bridgehead atoms. The Labute approximate surface area is 154 Å². The molecule has 3 rings (SSSR count). The van der Waals surface area contributed by atoms with Crippen LogP contribution in [0.4, 0.5) is 0 Å². The fourth-order valence-electron chi connectivity index (χ4n) is 3.52. The summed E-state index contributed by atoms with van der Waals surface area (Å²) in [4.78, 5) is 12.2. The third kappa shape index (κ3) is 3.36. The summed E-state index contributed by atoms with van der Waals surface area (Å²) in [6.07, 6.45) is 0.900. The third-order valence-corrected chi connectivity index (χ3v) is 4.88. The number of aromatic nitrogens is 1. The fourth-order valence-corrected chi connectivity index (χ4v) is 3.52. The second-order valence-electron chi connectivity index (χ2n) is 6.40. The van der Waals surface area contributed by atoms with E-state index in [4.69, 9.17) is 10.5 Å². The van der Waals surface area contributed by atoms with Crippen molar-refractivity contribution < 1.29 is 9.53 Å². The molecule has 1 aromatic heterocycles. The molecule has 0 atom stereocenters. The number of methoxy groups -OCH3 is 1. The Bertz CT molecular complexity index is 910. The maximum Gasteiger partial charge on any atom is 0.251 e. The number of hydrogen-bond donors (Lipinski definition) is 1. The number of benzene rings is 2. The van der Waals surface area contributed by atoms with Gasteiger partial charge in [-0.1, -0.05) is 42.5 Å². The number of primary amides is 1. The molecule has 2 aromatic carbocycles. The van der Waals surface area contributed by atoms with E-state index in [1.54, 1.807) is 7.11 Å². The van der Waals surface area contributed by atoms with Crippen molar-refractivity contribution in [2.75, 3.05) is 7.11 Å². The zero-order chi connectivity index (χ0) is 18.7. The van der Waals surface area contributed by atoms with Crippen LogP contribution >= 0.6 is 0 Å². The van der Waals surface area contributed by atoms with Crippen LogP contribution in [0.1, 0.15) is 27.3 Å². The van der Waals surface area contributed by atoms with E-state index in [1.165, 1.54) is 5.56 Å². The summed E-state index contributed by atoms with van der Waals surface area (Å²) in [5.41, 5.74) is 11.4. The molecule has 4 nitrogen and oxygen atoms in total. The number of rotatable bonds is 6. The van der Waals surface area contributed by atoms with E-state index >= 15 is 0 Å². The average Bonchev–Trinajstić information content (AvgIpc) is 2.91. The lowest BCUT2D eigenvalue weighted by atomic mass is 10.00. The summed E-state index contributed by atoms with van der Waals surface area (Å²) < 4.78 is 7.42. The SMILES string of the molecule is COc1ccc(-c2c(C(N)=O)c(C)n(CCc3ccccc3)c2C)cc1. The number of nitrogens with zero attached hydrogens (tertiary/aromatic N) is 1. The van der Waals surface area contributed by atoms with Crippen molar-refractivity contribution in [3.8, 4) is 16.9 Å². The highest BCUT2D eigenvalue weighted by Gasteiger charge is 2.22. The molecule has 0 spiro atoms. The van der Waals surface area contributed by atoms with E-state index in [2.05, 4.69) is 16.7 Å². The van der Waals surface area contributed by atoms with Gasteiger partial charge in [-0.3, -0.25) is 4.79 Å². The molecule has 3 aromatic rings. The van der Waals surface area contributed by atoms with E-state index in [0.29, 0.717) is 5.56 Å². The first-order chi connectivity index (χ1) is 12.5. The lowest BCUT2D eigenvalue weighted by Gasteiger charge is -2.10. The van der Waals surface area contributed by atoms with E-state index in [1.807, 2.05) is 56.3 Å². The van der Waals surface area contributed by atoms with Crippen molar-refractivity contribution >= 4 is 5.91 Å². The Morgan fingerprint density at radius 1 is 1.00 bits per heavy atom. The van der Waals surface area contributed by atoms with Crippen LogP contribution in [0.5, 0.6) is 5.75 Å². The van der Waals surface area contributed by atoms with Gasteiger partial charge in [0.25, 0.3) is 5.91 Å². The highest BCUT2D eigenvalue weighted by atomic mass is 16.5. The van der Waals surface area contributed by atoms with Gasteiger partial charge < -0.3 is 15.0 Å². The van der Waals surface area contributed by atoms with Crippen LogP contribution in [0.15, 0.2) is 54.6 Å². The van der Waals surface area contributed by atoms with Crippen LogP contribution in [0, 0.1) is 13.8 Å². The largest absolute Gasteiger partial charge is 0.497 e. The van der Waals surface area contributed by atoms with Crippen LogP contribution in [0.3, 0.4) is 0 Å². The Hall–Kier alpha value is -3.01. The smallest absolute Gasteiger partial charge is 0.251 e. The number of aryl methyl sites for hydroxylation is 1. The topological polar surface area (TPSA) is 57.2 Å². The lowest BCUT2D eigenvalue weighted by molar-refractivity contribution is 0.1000. The minimum atomic E-state index is -0.394. The number of nitrogens with two attached hydrogens (primary N) is 1. The predicted octanol–water partition coefficient (Wildman–Crippen LogP) is 4.12. The highest BCUT2D eigenvalue weighted by molar-refractivity contribution is 6.02. The number of amides is 1. The monoisotopic (exact) mass is 348 g/mol. The van der Waals surface area contributed by atoms with Gasteiger partial charge >= 0.3 is 0 Å². The van der Waals surface area contributed by atoms with Crippen molar-refractivity contribution in [3.05, 3.63) is 77.1 Å². The van der Waals surface area contributed by atoms with Gasteiger partial charge in [0.05, 0.1) is 12.7 Å². The molecule has 0 saturated heterocycles. The fraction of sp³-hybridized carbons (Fsp3) is 0.227. The molecule has 0 aliphatic heterocycles. The van der Waals surface area contributed by atoms with Gasteiger partial charge in [0.1, 0.15) is 5.75 Å². The van der Waals surface area contributed by atoms with Crippen molar-refractivity contribution in [2.45, 2.75) is 26.8 Å². The number of hydrogen-bond acceptors (Lipinski definition) is 2.